The average molecular weight is 399 g/mol. The van der Waals surface area contributed by atoms with E-state index in [0.717, 1.165) is 30.1 Å². The summed E-state index contributed by atoms with van der Waals surface area (Å²) in [6.45, 7) is 2.36. The van der Waals surface area contributed by atoms with Crippen molar-refractivity contribution >= 4 is 39.7 Å². The van der Waals surface area contributed by atoms with Gasteiger partial charge in [0.25, 0.3) is 0 Å². The number of hydrogen-bond acceptors (Lipinski definition) is 6. The lowest BCUT2D eigenvalue weighted by molar-refractivity contribution is -0.137. The SMILES string of the molecule is CS(=O)(=O)N(CC(=O)O)CC1CN(CCc2cccs2)CCO1.Cl. The standard InChI is InChI=1S/C14H22N2O5S2.ClH/c1-23(19,20)16(11-14(17)18)10-12-9-15(6-7-21-12)5-4-13-3-2-8-22-13;/h2-3,8,12H,4-7,9-11H2,1H3,(H,17,18);1H. The van der Waals surface area contributed by atoms with E-state index in [4.69, 9.17) is 9.84 Å². The van der Waals surface area contributed by atoms with Crippen molar-refractivity contribution in [3.63, 3.8) is 0 Å². The number of hydrogen-bond donors (Lipinski definition) is 1. The highest BCUT2D eigenvalue weighted by molar-refractivity contribution is 7.88. The third-order valence-electron chi connectivity index (χ3n) is 3.67. The van der Waals surface area contributed by atoms with Crippen molar-refractivity contribution < 1.29 is 23.1 Å². The van der Waals surface area contributed by atoms with Crippen molar-refractivity contribution in [3.8, 4) is 0 Å². The molecule has 10 heteroatoms. The summed E-state index contributed by atoms with van der Waals surface area (Å²) in [7, 11) is -3.57. The second-order valence-corrected chi connectivity index (χ2v) is 8.59. The molecular formula is C14H23ClN2O5S2. The largest absolute Gasteiger partial charge is 0.480 e. The summed E-state index contributed by atoms with van der Waals surface area (Å²) in [5.41, 5.74) is 0. The Morgan fingerprint density at radius 1 is 1.54 bits per heavy atom. The Hall–Kier alpha value is -0.710. The molecule has 7 nitrogen and oxygen atoms in total. The maximum Gasteiger partial charge on any atom is 0.318 e. The summed E-state index contributed by atoms with van der Waals surface area (Å²) in [6, 6.07) is 4.12. The molecule has 1 unspecified atom stereocenters. The van der Waals surface area contributed by atoms with E-state index >= 15 is 0 Å². The Balaban J connectivity index is 0.00000288. The van der Waals surface area contributed by atoms with E-state index in [1.807, 2.05) is 11.4 Å². The number of nitrogens with zero attached hydrogens (tertiary/aromatic N) is 2. The zero-order valence-electron chi connectivity index (χ0n) is 13.5. The summed E-state index contributed by atoms with van der Waals surface area (Å²) in [4.78, 5) is 14.4. The van der Waals surface area contributed by atoms with E-state index in [-0.39, 0.29) is 25.1 Å². The van der Waals surface area contributed by atoms with Crippen LogP contribution in [0.5, 0.6) is 0 Å². The molecule has 1 aliphatic heterocycles. The van der Waals surface area contributed by atoms with Crippen LogP contribution in [0.2, 0.25) is 0 Å². The molecule has 24 heavy (non-hydrogen) atoms. The van der Waals surface area contributed by atoms with Gasteiger partial charge in [0.2, 0.25) is 10.0 Å². The Kier molecular flexibility index (Phi) is 8.61. The predicted molar refractivity (Wildman–Crippen MR) is 95.5 cm³/mol. The number of rotatable bonds is 8. The van der Waals surface area contributed by atoms with Gasteiger partial charge in [-0.1, -0.05) is 6.07 Å². The fourth-order valence-corrected chi connectivity index (χ4v) is 3.99. The van der Waals surface area contributed by atoms with Gasteiger partial charge in [-0.2, -0.15) is 4.31 Å². The van der Waals surface area contributed by atoms with Crippen molar-refractivity contribution in [1.29, 1.82) is 0 Å². The van der Waals surface area contributed by atoms with Gasteiger partial charge < -0.3 is 9.84 Å². The second-order valence-electron chi connectivity index (χ2n) is 5.57. The van der Waals surface area contributed by atoms with E-state index in [1.165, 1.54) is 4.88 Å². The van der Waals surface area contributed by atoms with Crippen molar-refractivity contribution in [2.45, 2.75) is 12.5 Å². The minimum Gasteiger partial charge on any atom is -0.480 e. The van der Waals surface area contributed by atoms with Crippen LogP contribution in [0.1, 0.15) is 4.88 Å². The van der Waals surface area contributed by atoms with Crippen molar-refractivity contribution in [2.75, 3.05) is 45.6 Å². The summed E-state index contributed by atoms with van der Waals surface area (Å²) in [6.07, 6.45) is 1.67. The fourth-order valence-electron chi connectivity index (χ4n) is 2.51. The van der Waals surface area contributed by atoms with Gasteiger partial charge in [0.15, 0.2) is 0 Å². The molecule has 1 aromatic heterocycles. The molecule has 0 aliphatic carbocycles. The predicted octanol–water partition coefficient (Wildman–Crippen LogP) is 0.759. The van der Waals surface area contributed by atoms with Crippen LogP contribution < -0.4 is 0 Å². The number of aliphatic carboxylic acids is 1. The van der Waals surface area contributed by atoms with Crippen LogP contribution in [0.4, 0.5) is 0 Å². The molecular weight excluding hydrogens is 376 g/mol. The Labute approximate surface area is 152 Å². The van der Waals surface area contributed by atoms with Gasteiger partial charge in [0.1, 0.15) is 6.54 Å². The minimum absolute atomic E-state index is 0. The number of morpholine rings is 1. The minimum atomic E-state index is -3.57. The van der Waals surface area contributed by atoms with Crippen molar-refractivity contribution in [3.05, 3.63) is 22.4 Å². The molecule has 1 N–H and O–H groups in total. The molecule has 138 valence electrons. The first kappa shape index (κ1) is 21.3. The zero-order valence-corrected chi connectivity index (χ0v) is 15.9. The van der Waals surface area contributed by atoms with Gasteiger partial charge >= 0.3 is 5.97 Å². The van der Waals surface area contributed by atoms with E-state index in [2.05, 4.69) is 11.0 Å². The number of ether oxygens (including phenoxy) is 1. The molecule has 2 rings (SSSR count). The molecule has 1 fully saturated rings. The average Bonchev–Trinajstić information content (AvgIpc) is 2.97. The number of carbonyl (C=O) groups is 1. The number of carboxylic acids is 1. The Morgan fingerprint density at radius 2 is 2.29 bits per heavy atom. The van der Waals surface area contributed by atoms with Crippen molar-refractivity contribution in [2.24, 2.45) is 0 Å². The second kappa shape index (κ2) is 9.69. The molecule has 1 atom stereocenters. The van der Waals surface area contributed by atoms with Crippen LogP contribution in [0.25, 0.3) is 0 Å². The van der Waals surface area contributed by atoms with Crippen LogP contribution in [0, 0.1) is 0 Å². The van der Waals surface area contributed by atoms with Gasteiger partial charge in [-0.3, -0.25) is 9.69 Å². The molecule has 1 saturated heterocycles. The van der Waals surface area contributed by atoms with Crippen LogP contribution in [0.15, 0.2) is 17.5 Å². The third kappa shape index (κ3) is 7.04. The highest BCUT2D eigenvalue weighted by Crippen LogP contribution is 2.13. The highest BCUT2D eigenvalue weighted by atomic mass is 35.5. The maximum atomic E-state index is 11.7. The third-order valence-corrected chi connectivity index (χ3v) is 5.82. The van der Waals surface area contributed by atoms with E-state index < -0.39 is 22.5 Å². The molecule has 0 spiro atoms. The van der Waals surface area contributed by atoms with E-state index in [1.54, 1.807) is 11.3 Å². The number of halogens is 1. The molecule has 2 heterocycles. The zero-order chi connectivity index (χ0) is 16.9. The lowest BCUT2D eigenvalue weighted by Gasteiger charge is -2.34. The van der Waals surface area contributed by atoms with Gasteiger partial charge in [0, 0.05) is 31.1 Å². The first-order valence-electron chi connectivity index (χ1n) is 7.38. The molecule has 0 radical (unpaired) electrons. The van der Waals surface area contributed by atoms with Crippen LogP contribution in [-0.4, -0.2) is 80.4 Å². The Bertz CT molecular complexity index is 609. The number of carboxylic acid groups (broad SMARTS) is 1. The van der Waals surface area contributed by atoms with Crippen LogP contribution in [-0.2, 0) is 26.0 Å². The lowest BCUT2D eigenvalue weighted by Crippen LogP contribution is -2.49. The van der Waals surface area contributed by atoms with Gasteiger partial charge in [-0.25, -0.2) is 8.42 Å². The topological polar surface area (TPSA) is 87.2 Å². The molecule has 0 saturated carbocycles. The first-order chi connectivity index (χ1) is 10.8. The molecule has 1 aromatic rings. The van der Waals surface area contributed by atoms with Crippen LogP contribution in [0.3, 0.4) is 0 Å². The van der Waals surface area contributed by atoms with E-state index in [0.29, 0.717) is 13.2 Å². The normalized spacial score (nSPS) is 19.2. The van der Waals surface area contributed by atoms with Gasteiger partial charge in [-0.05, 0) is 17.9 Å². The first-order valence-corrected chi connectivity index (χ1v) is 10.1. The molecule has 0 amide bonds. The summed E-state index contributed by atoms with van der Waals surface area (Å²) < 4.78 is 30.0. The quantitative estimate of drug-likeness (QED) is 0.695. The molecule has 0 bridgehead atoms. The summed E-state index contributed by atoms with van der Waals surface area (Å²) in [5.74, 6) is -1.17. The monoisotopic (exact) mass is 398 g/mol. The van der Waals surface area contributed by atoms with E-state index in [9.17, 15) is 13.2 Å². The molecule has 0 aromatic carbocycles. The highest BCUT2D eigenvalue weighted by Gasteiger charge is 2.27. The van der Waals surface area contributed by atoms with Gasteiger partial charge in [0.05, 0.1) is 19.0 Å². The molecule has 1 aliphatic rings. The number of sulfonamides is 1. The Morgan fingerprint density at radius 3 is 2.88 bits per heavy atom. The lowest BCUT2D eigenvalue weighted by atomic mass is 10.2. The van der Waals surface area contributed by atoms with Crippen molar-refractivity contribution in [1.82, 2.24) is 9.21 Å². The van der Waals surface area contributed by atoms with Crippen LogP contribution >= 0.6 is 23.7 Å². The fraction of sp³-hybridized carbons (Fsp3) is 0.643. The summed E-state index contributed by atoms with van der Waals surface area (Å²) >= 11 is 1.72. The summed E-state index contributed by atoms with van der Waals surface area (Å²) in [5, 5.41) is 10.9. The maximum absolute atomic E-state index is 11.7. The smallest absolute Gasteiger partial charge is 0.318 e. The number of thiophene rings is 1. The van der Waals surface area contributed by atoms with Gasteiger partial charge in [-0.15, -0.1) is 23.7 Å².